The zero-order valence-electron chi connectivity index (χ0n) is 17.7. The number of nitrogens with zero attached hydrogens (tertiary/aromatic N) is 1. The normalized spacial score (nSPS) is 16.5. The van der Waals surface area contributed by atoms with E-state index in [-0.39, 0.29) is 6.42 Å². The topological polar surface area (TPSA) is 49.8 Å². The first-order chi connectivity index (χ1) is 15.2. The molecule has 0 aliphatic carbocycles. The Morgan fingerprint density at radius 1 is 1.06 bits per heavy atom. The predicted molar refractivity (Wildman–Crippen MR) is 126 cm³/mol. The number of aliphatic carboxylic acids is 1. The minimum absolute atomic E-state index is 0.239. The molecule has 1 aliphatic rings. The minimum Gasteiger partial charge on any atom is -0.492 e. The first-order valence-electron chi connectivity index (χ1n) is 11.0. The van der Waals surface area contributed by atoms with Gasteiger partial charge in [0.25, 0.3) is 0 Å². The fraction of sp³-hybridized carbons (Fsp3) is 0.346. The fourth-order valence-corrected chi connectivity index (χ4v) is 5.19. The Labute approximate surface area is 188 Å². The molecule has 0 saturated carbocycles. The molecule has 1 N–H and O–H groups in total. The van der Waals surface area contributed by atoms with Gasteiger partial charge in [0.2, 0.25) is 0 Å². The van der Waals surface area contributed by atoms with E-state index in [4.69, 9.17) is 9.84 Å². The van der Waals surface area contributed by atoms with Crippen LogP contribution in [0.3, 0.4) is 0 Å². The molecule has 0 bridgehead atoms. The summed E-state index contributed by atoms with van der Waals surface area (Å²) >= 11 is 1.85. The Hall–Kier alpha value is -2.63. The summed E-state index contributed by atoms with van der Waals surface area (Å²) in [6, 6.07) is 23.7. The smallest absolute Gasteiger partial charge is 0.303 e. The number of thiophene rings is 1. The summed E-state index contributed by atoms with van der Waals surface area (Å²) in [6.07, 6.45) is 4.15. The zero-order valence-corrected chi connectivity index (χ0v) is 18.5. The van der Waals surface area contributed by atoms with Crippen molar-refractivity contribution in [2.45, 2.75) is 38.1 Å². The van der Waals surface area contributed by atoms with Gasteiger partial charge in [0, 0.05) is 28.6 Å². The molecule has 1 atom stereocenters. The number of hydrogen-bond donors (Lipinski definition) is 1. The summed E-state index contributed by atoms with van der Waals surface area (Å²) < 4.78 is 6.06. The van der Waals surface area contributed by atoms with Gasteiger partial charge in [0.1, 0.15) is 12.4 Å². The van der Waals surface area contributed by atoms with Crippen LogP contribution in [-0.4, -0.2) is 41.7 Å². The van der Waals surface area contributed by atoms with Crippen molar-refractivity contribution in [2.24, 2.45) is 0 Å². The average Bonchev–Trinajstić information content (AvgIpc) is 3.43. The molecule has 5 heteroatoms. The van der Waals surface area contributed by atoms with Gasteiger partial charge < -0.3 is 9.84 Å². The van der Waals surface area contributed by atoms with E-state index in [0.717, 1.165) is 38.1 Å². The highest BCUT2D eigenvalue weighted by atomic mass is 32.1. The van der Waals surface area contributed by atoms with Crippen LogP contribution in [0.25, 0.3) is 10.4 Å². The van der Waals surface area contributed by atoms with Crippen LogP contribution in [0.5, 0.6) is 5.75 Å². The Morgan fingerprint density at radius 3 is 2.65 bits per heavy atom. The Balaban J connectivity index is 1.27. The predicted octanol–water partition coefficient (Wildman–Crippen LogP) is 5.71. The van der Waals surface area contributed by atoms with Gasteiger partial charge in [-0.15, -0.1) is 11.3 Å². The molecule has 2 heterocycles. The third-order valence-corrected chi connectivity index (χ3v) is 6.93. The van der Waals surface area contributed by atoms with Crippen molar-refractivity contribution in [3.05, 3.63) is 77.2 Å². The van der Waals surface area contributed by atoms with E-state index in [1.165, 1.54) is 20.9 Å². The molecule has 162 valence electrons. The molecule has 1 fully saturated rings. The van der Waals surface area contributed by atoms with Gasteiger partial charge in [-0.2, -0.15) is 0 Å². The van der Waals surface area contributed by atoms with Crippen LogP contribution in [0.1, 0.15) is 36.1 Å². The maximum atomic E-state index is 10.7. The van der Waals surface area contributed by atoms with Crippen LogP contribution in [0.4, 0.5) is 0 Å². The lowest BCUT2D eigenvalue weighted by molar-refractivity contribution is -0.137. The summed E-state index contributed by atoms with van der Waals surface area (Å²) in [5.74, 6) is 0.184. The maximum Gasteiger partial charge on any atom is 0.303 e. The number of hydrogen-bond acceptors (Lipinski definition) is 4. The number of carboxylic acid groups (broad SMARTS) is 1. The highest BCUT2D eigenvalue weighted by molar-refractivity contribution is 7.15. The summed E-state index contributed by atoms with van der Waals surface area (Å²) in [6.45, 7) is 2.54. The van der Waals surface area contributed by atoms with Crippen LogP contribution in [0, 0.1) is 0 Å². The van der Waals surface area contributed by atoms with E-state index in [9.17, 15) is 4.79 Å². The van der Waals surface area contributed by atoms with Crippen LogP contribution in [0.15, 0.2) is 66.7 Å². The second-order valence-electron chi connectivity index (χ2n) is 8.09. The molecule has 1 saturated heterocycles. The molecule has 0 radical (unpaired) electrons. The first kappa shape index (κ1) is 21.6. The average molecular weight is 436 g/mol. The standard InChI is InChI=1S/C26H29NO3S/c28-26(29)9-5-17-27-16-4-8-22(27)19-30-23-12-10-20(11-13-23)18-24-14-15-25(31-24)21-6-2-1-3-7-21/h1-3,6-7,10-15,22H,4-5,8-9,16-19H2,(H,28,29)/t22-/m1/s1. The number of benzene rings is 2. The summed E-state index contributed by atoms with van der Waals surface area (Å²) in [5, 5.41) is 8.83. The molecule has 4 rings (SSSR count). The van der Waals surface area contributed by atoms with Crippen molar-refractivity contribution in [2.75, 3.05) is 19.7 Å². The zero-order chi connectivity index (χ0) is 21.5. The van der Waals surface area contributed by atoms with Crippen LogP contribution >= 0.6 is 11.3 Å². The minimum atomic E-state index is -0.717. The van der Waals surface area contributed by atoms with Crippen molar-refractivity contribution in [3.8, 4) is 16.2 Å². The molecule has 4 nitrogen and oxygen atoms in total. The van der Waals surface area contributed by atoms with Crippen molar-refractivity contribution in [1.29, 1.82) is 0 Å². The number of carbonyl (C=O) groups is 1. The Kier molecular flexibility index (Phi) is 7.39. The summed E-state index contributed by atoms with van der Waals surface area (Å²) in [7, 11) is 0. The molecular formula is C26H29NO3S. The number of likely N-dealkylation sites (tertiary alicyclic amines) is 1. The quantitative estimate of drug-likeness (QED) is 0.443. The second kappa shape index (κ2) is 10.6. The second-order valence-corrected chi connectivity index (χ2v) is 9.26. The lowest BCUT2D eigenvalue weighted by Crippen LogP contribution is -2.35. The van der Waals surface area contributed by atoms with E-state index < -0.39 is 5.97 Å². The Bertz CT molecular complexity index is 968. The third kappa shape index (κ3) is 6.18. The van der Waals surface area contributed by atoms with Crippen LogP contribution < -0.4 is 4.74 Å². The molecule has 3 aromatic rings. The van der Waals surface area contributed by atoms with E-state index in [0.29, 0.717) is 19.1 Å². The summed E-state index contributed by atoms with van der Waals surface area (Å²) in [5.41, 5.74) is 2.55. The first-order valence-corrected chi connectivity index (χ1v) is 11.8. The van der Waals surface area contributed by atoms with Crippen molar-refractivity contribution in [3.63, 3.8) is 0 Å². The number of rotatable bonds is 10. The van der Waals surface area contributed by atoms with Crippen molar-refractivity contribution in [1.82, 2.24) is 4.90 Å². The SMILES string of the molecule is O=C(O)CCCN1CCC[C@@H]1COc1ccc(Cc2ccc(-c3ccccc3)s2)cc1. The molecule has 31 heavy (non-hydrogen) atoms. The fourth-order valence-electron chi connectivity index (χ4n) is 4.14. The van der Waals surface area contributed by atoms with E-state index in [1.54, 1.807) is 0 Å². The van der Waals surface area contributed by atoms with Crippen LogP contribution in [-0.2, 0) is 11.2 Å². The van der Waals surface area contributed by atoms with Gasteiger partial charge in [0.15, 0.2) is 0 Å². The van der Waals surface area contributed by atoms with Crippen molar-refractivity contribution >= 4 is 17.3 Å². The maximum absolute atomic E-state index is 10.7. The molecule has 0 amide bonds. The van der Waals surface area contributed by atoms with Gasteiger partial charge in [-0.3, -0.25) is 9.69 Å². The van der Waals surface area contributed by atoms with Crippen molar-refractivity contribution < 1.29 is 14.6 Å². The Morgan fingerprint density at radius 2 is 1.87 bits per heavy atom. The highest BCUT2D eigenvalue weighted by Gasteiger charge is 2.24. The summed E-state index contributed by atoms with van der Waals surface area (Å²) in [4.78, 5) is 15.8. The van der Waals surface area contributed by atoms with E-state index >= 15 is 0 Å². The molecule has 1 aliphatic heterocycles. The highest BCUT2D eigenvalue weighted by Crippen LogP contribution is 2.29. The van der Waals surface area contributed by atoms with Gasteiger partial charge >= 0.3 is 5.97 Å². The third-order valence-electron chi connectivity index (χ3n) is 5.80. The molecule has 1 aromatic heterocycles. The molecule has 2 aromatic carbocycles. The largest absolute Gasteiger partial charge is 0.492 e. The lowest BCUT2D eigenvalue weighted by atomic mass is 10.1. The molecule has 0 spiro atoms. The van der Waals surface area contributed by atoms with Crippen LogP contribution in [0.2, 0.25) is 0 Å². The number of carboxylic acids is 1. The molecular weight excluding hydrogens is 406 g/mol. The lowest BCUT2D eigenvalue weighted by Gasteiger charge is -2.24. The van der Waals surface area contributed by atoms with E-state index in [2.05, 4.69) is 65.6 Å². The van der Waals surface area contributed by atoms with Gasteiger partial charge in [-0.1, -0.05) is 42.5 Å². The van der Waals surface area contributed by atoms with Gasteiger partial charge in [0.05, 0.1) is 0 Å². The molecule has 0 unspecified atom stereocenters. The monoisotopic (exact) mass is 435 g/mol. The van der Waals surface area contributed by atoms with Gasteiger partial charge in [-0.25, -0.2) is 0 Å². The van der Waals surface area contributed by atoms with Gasteiger partial charge in [-0.05, 0) is 67.7 Å². The number of ether oxygens (including phenoxy) is 1. The van der Waals surface area contributed by atoms with E-state index in [1.807, 2.05) is 17.4 Å².